The van der Waals surface area contributed by atoms with Crippen LogP contribution in [0.25, 0.3) is 0 Å². The monoisotopic (exact) mass is 285 g/mol. The second-order valence-corrected chi connectivity index (χ2v) is 5.25. The molecule has 1 aromatic heterocycles. The number of aromatic amines is 1. The highest BCUT2D eigenvalue weighted by Crippen LogP contribution is 2.05. The zero-order chi connectivity index (χ0) is 14.1. The van der Waals surface area contributed by atoms with Crippen LogP contribution in [-0.4, -0.2) is 44.5 Å². The molecular weight excluding hydrogens is 266 g/mol. The molecule has 0 saturated carbocycles. The summed E-state index contributed by atoms with van der Waals surface area (Å²) in [4.78, 5) is 29.4. The number of hydrogen-bond acceptors (Lipinski definition) is 4. The fourth-order valence-corrected chi connectivity index (χ4v) is 2.37. The van der Waals surface area contributed by atoms with E-state index in [9.17, 15) is 9.59 Å². The Hall–Kier alpha value is -1.50. The van der Waals surface area contributed by atoms with Gasteiger partial charge in [0.2, 0.25) is 5.91 Å². The van der Waals surface area contributed by atoms with Gasteiger partial charge in [0, 0.05) is 18.3 Å². The van der Waals surface area contributed by atoms with Crippen molar-refractivity contribution >= 4 is 23.6 Å². The van der Waals surface area contributed by atoms with Crippen molar-refractivity contribution in [3.05, 3.63) is 18.2 Å². The molecule has 7 heteroatoms. The SMILES string of the molecule is CCCCSCC(=O)N[C@H](Cc1cnc[nH]1)C(=O)O. The number of nitrogens with zero attached hydrogens (tertiary/aromatic N) is 1. The summed E-state index contributed by atoms with van der Waals surface area (Å²) in [6.45, 7) is 2.09. The third-order valence-corrected chi connectivity index (χ3v) is 3.53. The van der Waals surface area contributed by atoms with E-state index in [0.717, 1.165) is 18.6 Å². The van der Waals surface area contributed by atoms with Crippen LogP contribution in [0.4, 0.5) is 0 Å². The number of carboxylic acid groups (broad SMARTS) is 1. The molecular formula is C12H19N3O3S. The summed E-state index contributed by atoms with van der Waals surface area (Å²) in [5, 5.41) is 11.6. The average Bonchev–Trinajstić information content (AvgIpc) is 2.86. The van der Waals surface area contributed by atoms with Gasteiger partial charge in [-0.3, -0.25) is 4.79 Å². The zero-order valence-electron chi connectivity index (χ0n) is 10.9. The van der Waals surface area contributed by atoms with Crippen LogP contribution in [0.1, 0.15) is 25.5 Å². The highest BCUT2D eigenvalue weighted by molar-refractivity contribution is 7.99. The summed E-state index contributed by atoms with van der Waals surface area (Å²) in [5.41, 5.74) is 0.686. The summed E-state index contributed by atoms with van der Waals surface area (Å²) >= 11 is 1.52. The normalized spacial score (nSPS) is 12.1. The zero-order valence-corrected chi connectivity index (χ0v) is 11.7. The van der Waals surface area contributed by atoms with Crippen LogP contribution in [0.5, 0.6) is 0 Å². The number of imidazole rings is 1. The van der Waals surface area contributed by atoms with Crippen LogP contribution >= 0.6 is 11.8 Å². The smallest absolute Gasteiger partial charge is 0.326 e. The number of carbonyl (C=O) groups excluding carboxylic acids is 1. The fourth-order valence-electron chi connectivity index (χ4n) is 1.46. The molecule has 1 rings (SSSR count). The van der Waals surface area contributed by atoms with Gasteiger partial charge in [0.15, 0.2) is 0 Å². The summed E-state index contributed by atoms with van der Waals surface area (Å²) in [6.07, 6.45) is 5.40. The third kappa shape index (κ3) is 6.28. The number of unbranched alkanes of at least 4 members (excludes halogenated alkanes) is 1. The molecule has 19 heavy (non-hydrogen) atoms. The highest BCUT2D eigenvalue weighted by atomic mass is 32.2. The maximum Gasteiger partial charge on any atom is 0.326 e. The van der Waals surface area contributed by atoms with Gasteiger partial charge in [0.1, 0.15) is 6.04 Å². The van der Waals surface area contributed by atoms with Crippen LogP contribution < -0.4 is 5.32 Å². The van der Waals surface area contributed by atoms with Gasteiger partial charge in [0.05, 0.1) is 12.1 Å². The third-order valence-electron chi connectivity index (χ3n) is 2.49. The number of aliphatic carboxylic acids is 1. The molecule has 0 bridgehead atoms. The number of thioether (sulfide) groups is 1. The van der Waals surface area contributed by atoms with Crippen molar-refractivity contribution in [2.45, 2.75) is 32.2 Å². The molecule has 0 spiro atoms. The van der Waals surface area contributed by atoms with Gasteiger partial charge in [-0.25, -0.2) is 9.78 Å². The Kier molecular flexibility index (Phi) is 7.02. The molecule has 0 aliphatic rings. The Bertz CT molecular complexity index is 395. The Morgan fingerprint density at radius 3 is 2.95 bits per heavy atom. The molecule has 0 aromatic carbocycles. The Labute approximate surface area is 116 Å². The van der Waals surface area contributed by atoms with Crippen molar-refractivity contribution < 1.29 is 14.7 Å². The van der Waals surface area contributed by atoms with E-state index in [2.05, 4.69) is 22.2 Å². The molecule has 1 heterocycles. The lowest BCUT2D eigenvalue weighted by atomic mass is 10.1. The van der Waals surface area contributed by atoms with Crippen LogP contribution in [-0.2, 0) is 16.0 Å². The van der Waals surface area contributed by atoms with E-state index in [1.54, 1.807) is 6.20 Å². The first-order valence-electron chi connectivity index (χ1n) is 6.20. The second-order valence-electron chi connectivity index (χ2n) is 4.15. The standard InChI is InChI=1S/C12H19N3O3S/c1-2-3-4-19-7-11(16)15-10(12(17)18)5-9-6-13-8-14-9/h6,8,10H,2-5,7H2,1H3,(H,13,14)(H,15,16)(H,17,18)/t10-/m1/s1. The number of carboxylic acids is 1. The molecule has 0 aliphatic carbocycles. The topological polar surface area (TPSA) is 95.1 Å². The lowest BCUT2D eigenvalue weighted by molar-refractivity contribution is -0.141. The quantitative estimate of drug-likeness (QED) is 0.590. The predicted molar refractivity (Wildman–Crippen MR) is 74.1 cm³/mol. The molecule has 3 N–H and O–H groups in total. The highest BCUT2D eigenvalue weighted by Gasteiger charge is 2.20. The first-order chi connectivity index (χ1) is 9.13. The minimum Gasteiger partial charge on any atom is -0.480 e. The Balaban J connectivity index is 2.36. The second kappa shape index (κ2) is 8.58. The fraction of sp³-hybridized carbons (Fsp3) is 0.583. The minimum atomic E-state index is -1.04. The molecule has 1 amide bonds. The van der Waals surface area contributed by atoms with Crippen molar-refractivity contribution in [2.24, 2.45) is 0 Å². The van der Waals surface area contributed by atoms with Crippen molar-refractivity contribution in [2.75, 3.05) is 11.5 Å². The summed E-state index contributed by atoms with van der Waals surface area (Å²) in [6, 6.07) is -0.917. The predicted octanol–water partition coefficient (Wildman–Crippen LogP) is 1.05. The van der Waals surface area contributed by atoms with E-state index in [0.29, 0.717) is 11.4 Å². The number of H-pyrrole nitrogens is 1. The van der Waals surface area contributed by atoms with Crippen LogP contribution in [0.2, 0.25) is 0 Å². The molecule has 0 radical (unpaired) electrons. The average molecular weight is 285 g/mol. The molecule has 0 saturated heterocycles. The van der Waals surface area contributed by atoms with Crippen LogP contribution in [0.15, 0.2) is 12.5 Å². The van der Waals surface area contributed by atoms with Crippen LogP contribution in [0, 0.1) is 0 Å². The van der Waals surface area contributed by atoms with Gasteiger partial charge in [-0.15, -0.1) is 0 Å². The minimum absolute atomic E-state index is 0.209. The molecule has 106 valence electrons. The maximum atomic E-state index is 11.6. The molecule has 6 nitrogen and oxygen atoms in total. The maximum absolute atomic E-state index is 11.6. The van der Waals surface area contributed by atoms with Crippen molar-refractivity contribution in [3.63, 3.8) is 0 Å². The molecule has 1 aromatic rings. The Morgan fingerprint density at radius 1 is 1.58 bits per heavy atom. The van der Waals surface area contributed by atoms with E-state index in [-0.39, 0.29) is 12.3 Å². The largest absolute Gasteiger partial charge is 0.480 e. The van der Waals surface area contributed by atoms with E-state index < -0.39 is 12.0 Å². The van der Waals surface area contributed by atoms with Gasteiger partial charge in [0.25, 0.3) is 0 Å². The van der Waals surface area contributed by atoms with E-state index in [1.165, 1.54) is 18.1 Å². The van der Waals surface area contributed by atoms with Crippen molar-refractivity contribution in [3.8, 4) is 0 Å². The van der Waals surface area contributed by atoms with Crippen molar-refractivity contribution in [1.29, 1.82) is 0 Å². The van der Waals surface area contributed by atoms with Gasteiger partial charge < -0.3 is 15.4 Å². The summed E-state index contributed by atoms with van der Waals surface area (Å²) in [7, 11) is 0. The molecule has 0 fully saturated rings. The summed E-state index contributed by atoms with van der Waals surface area (Å²) in [5.74, 6) is -0.0656. The molecule has 0 aliphatic heterocycles. The number of nitrogens with one attached hydrogen (secondary N) is 2. The first kappa shape index (κ1) is 15.6. The lowest BCUT2D eigenvalue weighted by Crippen LogP contribution is -2.43. The number of rotatable bonds is 9. The van der Waals surface area contributed by atoms with E-state index >= 15 is 0 Å². The van der Waals surface area contributed by atoms with Crippen molar-refractivity contribution in [1.82, 2.24) is 15.3 Å². The number of carbonyl (C=O) groups is 2. The molecule has 1 atom stereocenters. The van der Waals surface area contributed by atoms with E-state index in [1.807, 2.05) is 0 Å². The molecule has 0 unspecified atom stereocenters. The lowest BCUT2D eigenvalue weighted by Gasteiger charge is -2.13. The number of amides is 1. The van der Waals surface area contributed by atoms with Gasteiger partial charge in [-0.05, 0) is 12.2 Å². The Morgan fingerprint density at radius 2 is 2.37 bits per heavy atom. The number of hydrogen-bond donors (Lipinski definition) is 3. The number of aromatic nitrogens is 2. The van der Waals surface area contributed by atoms with Gasteiger partial charge in [-0.1, -0.05) is 13.3 Å². The van der Waals surface area contributed by atoms with Crippen LogP contribution in [0.3, 0.4) is 0 Å². The van der Waals surface area contributed by atoms with E-state index in [4.69, 9.17) is 5.11 Å². The first-order valence-corrected chi connectivity index (χ1v) is 7.36. The van der Waals surface area contributed by atoms with Gasteiger partial charge >= 0.3 is 5.97 Å². The van der Waals surface area contributed by atoms with Gasteiger partial charge in [-0.2, -0.15) is 11.8 Å². The summed E-state index contributed by atoms with van der Waals surface area (Å²) < 4.78 is 0.